The molecule has 0 amide bonds. The minimum atomic E-state index is 0.176. The fourth-order valence-electron chi connectivity index (χ4n) is 1.40. The van der Waals surface area contributed by atoms with Gasteiger partial charge in [-0.15, -0.1) is 17.9 Å². The number of unbranched alkanes of at least 4 members (excludes halogenated alkanes) is 1. The minimum Gasteiger partial charge on any atom is -0.410 e. The van der Waals surface area contributed by atoms with Crippen LogP contribution in [0.4, 0.5) is 0 Å². The number of allylic oxidation sites excluding steroid dienone is 1. The summed E-state index contributed by atoms with van der Waals surface area (Å²) in [4.78, 5) is 1.23. The maximum atomic E-state index is 8.79. The summed E-state index contributed by atoms with van der Waals surface area (Å²) in [7, 11) is 0. The van der Waals surface area contributed by atoms with E-state index in [4.69, 9.17) is 5.21 Å². The molecule has 1 N–H and O–H groups in total. The molecule has 0 radical (unpaired) electrons. The Bertz CT molecular complexity index is 321. The number of halogens is 1. The van der Waals surface area contributed by atoms with Crippen molar-refractivity contribution in [1.82, 2.24) is 0 Å². The SMILES string of the molecule is C=CCCCC(/C(Br)=N/O)c1cccs1. The first-order chi connectivity index (χ1) is 7.29. The van der Waals surface area contributed by atoms with Crippen LogP contribution in [0.2, 0.25) is 0 Å². The standard InChI is InChI=1S/C11H14BrNOS/c1-2-3-4-6-9(11(12)13-14)10-7-5-8-15-10/h2,5,7-9,14H,1,3-4,6H2/b13-11-. The quantitative estimate of drug-likeness (QED) is 0.272. The predicted octanol–water partition coefficient (Wildman–Crippen LogP) is 4.37. The number of oxime groups is 1. The summed E-state index contributed by atoms with van der Waals surface area (Å²) >= 11 is 4.98. The van der Waals surface area contributed by atoms with Gasteiger partial charge in [-0.2, -0.15) is 0 Å². The summed E-state index contributed by atoms with van der Waals surface area (Å²) < 4.78 is 0.606. The molecule has 1 rings (SSSR count). The predicted molar refractivity (Wildman–Crippen MR) is 69.3 cm³/mol. The Morgan fingerprint density at radius 2 is 2.53 bits per heavy atom. The summed E-state index contributed by atoms with van der Waals surface area (Å²) in [6, 6.07) is 4.08. The van der Waals surface area contributed by atoms with Crippen molar-refractivity contribution in [3.63, 3.8) is 0 Å². The van der Waals surface area contributed by atoms with Crippen molar-refractivity contribution in [2.24, 2.45) is 5.16 Å². The van der Waals surface area contributed by atoms with Crippen molar-refractivity contribution in [3.8, 4) is 0 Å². The Hall–Kier alpha value is -0.610. The van der Waals surface area contributed by atoms with Gasteiger partial charge in [-0.1, -0.05) is 17.3 Å². The molecule has 1 heterocycles. The summed E-state index contributed by atoms with van der Waals surface area (Å²) in [6.45, 7) is 3.70. The van der Waals surface area contributed by atoms with Gasteiger partial charge >= 0.3 is 0 Å². The second-order valence-electron chi connectivity index (χ2n) is 3.21. The molecule has 0 aliphatic carbocycles. The van der Waals surface area contributed by atoms with E-state index in [2.05, 4.69) is 33.7 Å². The normalized spacial score (nSPS) is 13.8. The van der Waals surface area contributed by atoms with Gasteiger partial charge in [0.05, 0.1) is 0 Å². The zero-order valence-corrected chi connectivity index (χ0v) is 10.8. The monoisotopic (exact) mass is 287 g/mol. The van der Waals surface area contributed by atoms with Gasteiger partial charge in [-0.3, -0.25) is 0 Å². The van der Waals surface area contributed by atoms with Gasteiger partial charge in [0.2, 0.25) is 0 Å². The summed E-state index contributed by atoms with van der Waals surface area (Å²) in [5.41, 5.74) is 0. The molecular formula is C11H14BrNOS. The second kappa shape index (κ2) is 6.80. The Morgan fingerprint density at radius 1 is 1.73 bits per heavy atom. The van der Waals surface area contributed by atoms with E-state index in [0.29, 0.717) is 4.62 Å². The molecule has 15 heavy (non-hydrogen) atoms. The molecule has 2 nitrogen and oxygen atoms in total. The molecule has 82 valence electrons. The first kappa shape index (κ1) is 12.5. The van der Waals surface area contributed by atoms with Gasteiger partial charge in [0.15, 0.2) is 0 Å². The molecule has 0 aromatic carbocycles. The van der Waals surface area contributed by atoms with Crippen LogP contribution in [0.5, 0.6) is 0 Å². The van der Waals surface area contributed by atoms with Crippen LogP contribution >= 0.6 is 27.3 Å². The van der Waals surface area contributed by atoms with E-state index in [0.717, 1.165) is 19.3 Å². The lowest BCUT2D eigenvalue weighted by atomic mass is 10.0. The fourth-order valence-corrected chi connectivity index (χ4v) is 2.90. The summed E-state index contributed by atoms with van der Waals surface area (Å²) in [5.74, 6) is 0.176. The first-order valence-corrected chi connectivity index (χ1v) is 6.48. The molecule has 0 saturated carbocycles. The largest absolute Gasteiger partial charge is 0.410 e. The molecule has 1 aromatic heterocycles. The number of rotatable bonds is 6. The van der Waals surface area contributed by atoms with Crippen LogP contribution in [-0.4, -0.2) is 9.83 Å². The van der Waals surface area contributed by atoms with Gasteiger partial charge in [0, 0.05) is 10.8 Å². The number of hydrogen-bond acceptors (Lipinski definition) is 3. The van der Waals surface area contributed by atoms with E-state index >= 15 is 0 Å². The molecule has 0 bridgehead atoms. The highest BCUT2D eigenvalue weighted by atomic mass is 79.9. The van der Waals surface area contributed by atoms with Crippen LogP contribution < -0.4 is 0 Å². The summed E-state index contributed by atoms with van der Waals surface area (Å²) in [6.07, 6.45) is 4.93. The second-order valence-corrected chi connectivity index (χ2v) is 5.00. The van der Waals surface area contributed by atoms with Crippen molar-refractivity contribution in [3.05, 3.63) is 35.0 Å². The van der Waals surface area contributed by atoms with Crippen LogP contribution in [0, 0.1) is 0 Å². The Kier molecular flexibility index (Phi) is 5.65. The summed E-state index contributed by atoms with van der Waals surface area (Å²) in [5, 5.41) is 14.1. The first-order valence-electron chi connectivity index (χ1n) is 4.81. The van der Waals surface area contributed by atoms with Crippen LogP contribution in [-0.2, 0) is 0 Å². The highest BCUT2D eigenvalue weighted by Gasteiger charge is 2.17. The van der Waals surface area contributed by atoms with Gasteiger partial charge in [-0.25, -0.2) is 0 Å². The maximum Gasteiger partial charge on any atom is 0.130 e. The molecule has 0 aliphatic rings. The number of thiophene rings is 1. The molecule has 0 spiro atoms. The van der Waals surface area contributed by atoms with Crippen LogP contribution in [0.1, 0.15) is 30.1 Å². The molecular weight excluding hydrogens is 274 g/mol. The zero-order chi connectivity index (χ0) is 11.1. The third-order valence-corrected chi connectivity index (χ3v) is 3.87. The average molecular weight is 288 g/mol. The molecule has 1 unspecified atom stereocenters. The molecule has 0 fully saturated rings. The highest BCUT2D eigenvalue weighted by Crippen LogP contribution is 2.29. The van der Waals surface area contributed by atoms with Gasteiger partial charge in [0.1, 0.15) is 4.62 Å². The van der Waals surface area contributed by atoms with Crippen molar-refractivity contribution in [2.45, 2.75) is 25.2 Å². The molecule has 4 heteroatoms. The van der Waals surface area contributed by atoms with Crippen molar-refractivity contribution in [2.75, 3.05) is 0 Å². The Balaban J connectivity index is 2.66. The minimum absolute atomic E-state index is 0.176. The number of hydrogen-bond donors (Lipinski definition) is 1. The maximum absolute atomic E-state index is 8.79. The van der Waals surface area contributed by atoms with E-state index in [1.807, 2.05) is 17.5 Å². The lowest BCUT2D eigenvalue weighted by Gasteiger charge is -2.11. The zero-order valence-electron chi connectivity index (χ0n) is 8.40. The van der Waals surface area contributed by atoms with Gasteiger partial charge < -0.3 is 5.21 Å². The highest BCUT2D eigenvalue weighted by molar-refractivity contribution is 9.18. The van der Waals surface area contributed by atoms with E-state index in [1.165, 1.54) is 4.88 Å². The third-order valence-electron chi connectivity index (χ3n) is 2.17. The van der Waals surface area contributed by atoms with E-state index in [1.54, 1.807) is 11.3 Å². The molecule has 1 atom stereocenters. The molecule has 0 saturated heterocycles. The smallest absolute Gasteiger partial charge is 0.130 e. The van der Waals surface area contributed by atoms with Crippen molar-refractivity contribution in [1.29, 1.82) is 0 Å². The fraction of sp³-hybridized carbons (Fsp3) is 0.364. The van der Waals surface area contributed by atoms with Crippen LogP contribution in [0.3, 0.4) is 0 Å². The van der Waals surface area contributed by atoms with E-state index < -0.39 is 0 Å². The van der Waals surface area contributed by atoms with Crippen LogP contribution in [0.15, 0.2) is 35.3 Å². The number of nitrogens with zero attached hydrogens (tertiary/aromatic N) is 1. The molecule has 1 aromatic rings. The van der Waals surface area contributed by atoms with Gasteiger partial charge in [-0.05, 0) is 46.6 Å². The Morgan fingerprint density at radius 3 is 3.07 bits per heavy atom. The van der Waals surface area contributed by atoms with Crippen LogP contribution in [0.25, 0.3) is 0 Å². The van der Waals surface area contributed by atoms with Gasteiger partial charge in [0.25, 0.3) is 0 Å². The van der Waals surface area contributed by atoms with E-state index in [9.17, 15) is 0 Å². The van der Waals surface area contributed by atoms with E-state index in [-0.39, 0.29) is 5.92 Å². The lowest BCUT2D eigenvalue weighted by molar-refractivity contribution is 0.318. The van der Waals surface area contributed by atoms with Crippen molar-refractivity contribution >= 4 is 31.9 Å². The molecule has 0 aliphatic heterocycles. The Labute approximate surface area is 102 Å². The lowest BCUT2D eigenvalue weighted by Crippen LogP contribution is -2.05. The third kappa shape index (κ3) is 3.80. The van der Waals surface area contributed by atoms with Crippen molar-refractivity contribution < 1.29 is 5.21 Å². The average Bonchev–Trinajstić information content (AvgIpc) is 2.77. The topological polar surface area (TPSA) is 32.6 Å².